The van der Waals surface area contributed by atoms with Crippen molar-refractivity contribution in [3.05, 3.63) is 240 Å². The van der Waals surface area contributed by atoms with Crippen LogP contribution in [0.4, 0.5) is 34.1 Å². The van der Waals surface area contributed by atoms with Crippen molar-refractivity contribution < 1.29 is 4.42 Å². The Morgan fingerprint density at radius 1 is 0.443 bits per heavy atom. The van der Waals surface area contributed by atoms with Crippen molar-refractivity contribution in [1.29, 1.82) is 0 Å². The Bertz CT molecular complexity index is 3420. The smallest absolute Gasteiger partial charge is 0.137 e. The lowest BCUT2D eigenvalue weighted by atomic mass is 9.65. The highest BCUT2D eigenvalue weighted by molar-refractivity contribution is 6.13. The van der Waals surface area contributed by atoms with Crippen molar-refractivity contribution in [2.24, 2.45) is 0 Å². The van der Waals surface area contributed by atoms with Gasteiger partial charge in [-0.05, 0) is 117 Å². The second-order valence-corrected chi connectivity index (χ2v) is 17.2. The average molecular weight is 781 g/mol. The Balaban J connectivity index is 1.11. The molecular weight excluding hydrogens is 741 g/mol. The normalized spacial score (nSPS) is 16.2. The van der Waals surface area contributed by atoms with Crippen LogP contribution in [0.2, 0.25) is 0 Å². The molecule has 0 bridgehead atoms. The van der Waals surface area contributed by atoms with Crippen molar-refractivity contribution in [3.8, 4) is 22.3 Å². The maximum absolute atomic E-state index is 6.56. The van der Waals surface area contributed by atoms with E-state index in [0.717, 1.165) is 44.7 Å². The van der Waals surface area contributed by atoms with Gasteiger partial charge in [-0.15, -0.1) is 0 Å². The van der Waals surface area contributed by atoms with E-state index in [2.05, 4.69) is 230 Å². The van der Waals surface area contributed by atoms with E-state index < -0.39 is 5.41 Å². The molecule has 0 saturated heterocycles. The lowest BCUT2D eigenvalue weighted by Crippen LogP contribution is -2.36. The molecule has 1 aromatic heterocycles. The molecule has 0 N–H and O–H groups in total. The zero-order chi connectivity index (χ0) is 40.5. The molecule has 2 aliphatic carbocycles. The molecule has 3 nitrogen and oxygen atoms in total. The summed E-state index contributed by atoms with van der Waals surface area (Å²) in [6.07, 6.45) is 0. The Hall–Kier alpha value is -7.62. The third-order valence-corrected chi connectivity index (χ3v) is 13.8. The highest BCUT2D eigenvalue weighted by atomic mass is 16.3. The van der Waals surface area contributed by atoms with Crippen LogP contribution in [0.1, 0.15) is 47.2 Å². The van der Waals surface area contributed by atoms with Gasteiger partial charge in [0.05, 0.1) is 27.9 Å². The highest BCUT2D eigenvalue weighted by Gasteiger charge is 2.52. The summed E-state index contributed by atoms with van der Waals surface area (Å²) in [5, 5.41) is 2.21. The predicted octanol–water partition coefficient (Wildman–Crippen LogP) is 15.5. The van der Waals surface area contributed by atoms with Crippen molar-refractivity contribution in [1.82, 2.24) is 0 Å². The van der Waals surface area contributed by atoms with Gasteiger partial charge in [0.25, 0.3) is 0 Å². The SMILES string of the molecule is CC1(C)c2ccccc2-c2ccc(N(c3ccc4c(c3)C3(c5ccccc5)c5ccccc5N(c5ccccc5)c5cccc-4c53)c3cccc4oc5ccccc5c34)cc21. The van der Waals surface area contributed by atoms with E-state index in [-0.39, 0.29) is 5.41 Å². The van der Waals surface area contributed by atoms with E-state index in [0.29, 0.717) is 0 Å². The molecule has 0 spiro atoms. The molecule has 288 valence electrons. The monoisotopic (exact) mass is 780 g/mol. The summed E-state index contributed by atoms with van der Waals surface area (Å²) < 4.78 is 6.56. The fourth-order valence-electron chi connectivity index (χ4n) is 11.3. The van der Waals surface area contributed by atoms with E-state index in [1.807, 2.05) is 0 Å². The molecule has 0 fully saturated rings. The lowest BCUT2D eigenvalue weighted by Gasteiger charge is -2.44. The van der Waals surface area contributed by atoms with E-state index >= 15 is 0 Å². The molecule has 3 aliphatic rings. The summed E-state index contributed by atoms with van der Waals surface area (Å²) in [5.41, 5.74) is 20.8. The van der Waals surface area contributed by atoms with Gasteiger partial charge in [-0.2, -0.15) is 0 Å². The molecule has 13 rings (SSSR count). The molecular formula is C58H40N2O. The number of hydrogen-bond acceptors (Lipinski definition) is 3. The van der Waals surface area contributed by atoms with Crippen LogP contribution in [-0.2, 0) is 10.8 Å². The molecule has 1 unspecified atom stereocenters. The lowest BCUT2D eigenvalue weighted by molar-refractivity contribution is 0.660. The van der Waals surface area contributed by atoms with Crippen molar-refractivity contribution >= 4 is 56.1 Å². The maximum atomic E-state index is 6.56. The molecule has 10 aromatic rings. The summed E-state index contributed by atoms with van der Waals surface area (Å²) in [7, 11) is 0. The first kappa shape index (κ1) is 34.3. The Labute approximate surface area is 355 Å². The van der Waals surface area contributed by atoms with Crippen LogP contribution in [0.3, 0.4) is 0 Å². The molecule has 2 heterocycles. The van der Waals surface area contributed by atoms with Gasteiger partial charge in [0, 0.05) is 33.4 Å². The molecule has 3 heteroatoms. The van der Waals surface area contributed by atoms with Gasteiger partial charge in [0.15, 0.2) is 0 Å². The molecule has 0 saturated carbocycles. The number of nitrogens with zero attached hydrogens (tertiary/aromatic N) is 2. The van der Waals surface area contributed by atoms with Crippen LogP contribution in [0.5, 0.6) is 0 Å². The van der Waals surface area contributed by atoms with E-state index in [9.17, 15) is 0 Å². The van der Waals surface area contributed by atoms with Gasteiger partial charge in [-0.1, -0.05) is 153 Å². The number of para-hydroxylation sites is 3. The zero-order valence-corrected chi connectivity index (χ0v) is 33.9. The minimum absolute atomic E-state index is 0.161. The van der Waals surface area contributed by atoms with Gasteiger partial charge in [-0.3, -0.25) is 0 Å². The fraction of sp³-hybridized carbons (Fsp3) is 0.0690. The highest BCUT2D eigenvalue weighted by Crippen LogP contribution is 2.65. The van der Waals surface area contributed by atoms with E-state index in [1.54, 1.807) is 0 Å². The number of fused-ring (bicyclic) bond motifs is 11. The van der Waals surface area contributed by atoms with Crippen LogP contribution in [-0.4, -0.2) is 0 Å². The van der Waals surface area contributed by atoms with Gasteiger partial charge in [0.2, 0.25) is 0 Å². The number of rotatable bonds is 5. The van der Waals surface area contributed by atoms with Gasteiger partial charge >= 0.3 is 0 Å². The van der Waals surface area contributed by atoms with Crippen molar-refractivity contribution in [3.63, 3.8) is 0 Å². The summed E-state index contributed by atoms with van der Waals surface area (Å²) in [6, 6.07) is 76.1. The quantitative estimate of drug-likeness (QED) is 0.173. The molecule has 0 amide bonds. The second kappa shape index (κ2) is 12.5. The largest absolute Gasteiger partial charge is 0.456 e. The maximum Gasteiger partial charge on any atom is 0.137 e. The second-order valence-electron chi connectivity index (χ2n) is 17.2. The minimum atomic E-state index is -0.581. The van der Waals surface area contributed by atoms with Crippen LogP contribution in [0.25, 0.3) is 44.2 Å². The summed E-state index contributed by atoms with van der Waals surface area (Å²) in [6.45, 7) is 4.73. The number of benzene rings is 9. The van der Waals surface area contributed by atoms with Crippen molar-refractivity contribution in [2.75, 3.05) is 9.80 Å². The van der Waals surface area contributed by atoms with Crippen LogP contribution in [0, 0.1) is 0 Å². The minimum Gasteiger partial charge on any atom is -0.456 e. The Morgan fingerprint density at radius 3 is 1.85 bits per heavy atom. The summed E-state index contributed by atoms with van der Waals surface area (Å²) in [5.74, 6) is 0. The molecule has 1 atom stereocenters. The van der Waals surface area contributed by atoms with E-state index in [4.69, 9.17) is 4.42 Å². The fourth-order valence-corrected chi connectivity index (χ4v) is 11.3. The Morgan fingerprint density at radius 2 is 1.03 bits per heavy atom. The average Bonchev–Trinajstić information content (AvgIpc) is 3.92. The topological polar surface area (TPSA) is 19.6 Å². The Kier molecular flexibility index (Phi) is 6.99. The third-order valence-electron chi connectivity index (χ3n) is 13.8. The molecule has 1 aliphatic heterocycles. The number of furan rings is 1. The first-order chi connectivity index (χ1) is 30.0. The molecule has 0 radical (unpaired) electrons. The zero-order valence-electron chi connectivity index (χ0n) is 33.9. The number of hydrogen-bond donors (Lipinski definition) is 0. The third kappa shape index (κ3) is 4.53. The predicted molar refractivity (Wildman–Crippen MR) is 252 cm³/mol. The first-order valence-electron chi connectivity index (χ1n) is 21.3. The van der Waals surface area contributed by atoms with E-state index in [1.165, 1.54) is 67.0 Å². The number of anilines is 6. The summed E-state index contributed by atoms with van der Waals surface area (Å²) in [4.78, 5) is 4.95. The molecule has 9 aromatic carbocycles. The van der Waals surface area contributed by atoms with Crippen LogP contribution < -0.4 is 9.80 Å². The van der Waals surface area contributed by atoms with Gasteiger partial charge in [0.1, 0.15) is 11.2 Å². The van der Waals surface area contributed by atoms with Gasteiger partial charge in [-0.25, -0.2) is 0 Å². The first-order valence-corrected chi connectivity index (χ1v) is 21.3. The molecule has 61 heavy (non-hydrogen) atoms. The van der Waals surface area contributed by atoms with Crippen molar-refractivity contribution in [2.45, 2.75) is 24.7 Å². The van der Waals surface area contributed by atoms with Crippen LogP contribution >= 0.6 is 0 Å². The summed E-state index contributed by atoms with van der Waals surface area (Å²) >= 11 is 0. The standard InChI is InChI=1S/C58H40N2O/c1-57(2)46-24-11-9-21-41(46)42-33-31-39(35-48(42)57)59(51-27-16-30-54-55(51)45-22-10-14-29-53(45)61-54)40-32-34-43-44-23-15-28-52-56(44)58(49(43)36-40,37-17-5-3-6-18-37)47-25-12-13-26-50(47)60(52)38-19-7-4-8-20-38/h3-36H,1-2H3. The van der Waals surface area contributed by atoms with Crippen LogP contribution in [0.15, 0.2) is 211 Å². The van der Waals surface area contributed by atoms with Gasteiger partial charge < -0.3 is 14.2 Å².